The van der Waals surface area contributed by atoms with Crippen molar-refractivity contribution in [1.29, 1.82) is 0 Å². The van der Waals surface area contributed by atoms with Crippen molar-refractivity contribution in [1.82, 2.24) is 15.3 Å². The number of anilines is 1. The van der Waals surface area contributed by atoms with E-state index in [-0.39, 0.29) is 37.1 Å². The Morgan fingerprint density at radius 1 is 1.07 bits per heavy atom. The van der Waals surface area contributed by atoms with Gasteiger partial charge in [-0.2, -0.15) is 0 Å². The molecule has 0 bridgehead atoms. The standard InChI is InChI=1S/C22H18F2N4O2/c23-16-6-4-14(5-7-16)20-10-18(26-13-27-20)11-25-22(30)15-8-21(29)28(12-15)19-3-1-2-17(24)9-19/h1-7,9-10,13,15H,8,11-12H2,(H,25,30). The first-order valence-electron chi connectivity index (χ1n) is 9.40. The second-order valence-electron chi connectivity index (χ2n) is 7.00. The summed E-state index contributed by atoms with van der Waals surface area (Å²) < 4.78 is 26.5. The van der Waals surface area contributed by atoms with E-state index >= 15 is 0 Å². The number of nitrogens with one attached hydrogen (secondary N) is 1. The van der Waals surface area contributed by atoms with Crippen LogP contribution >= 0.6 is 0 Å². The lowest BCUT2D eigenvalue weighted by Gasteiger charge is -2.16. The van der Waals surface area contributed by atoms with Gasteiger partial charge in [0.15, 0.2) is 0 Å². The molecular formula is C22H18F2N4O2. The van der Waals surface area contributed by atoms with E-state index in [4.69, 9.17) is 0 Å². The van der Waals surface area contributed by atoms with Crippen LogP contribution in [0.15, 0.2) is 60.9 Å². The van der Waals surface area contributed by atoms with Crippen LogP contribution in [-0.2, 0) is 16.1 Å². The number of benzene rings is 2. The highest BCUT2D eigenvalue weighted by Gasteiger charge is 2.35. The minimum absolute atomic E-state index is 0.0625. The van der Waals surface area contributed by atoms with Crippen LogP contribution < -0.4 is 10.2 Å². The van der Waals surface area contributed by atoms with Gasteiger partial charge in [-0.1, -0.05) is 6.07 Å². The number of hydrogen-bond donors (Lipinski definition) is 1. The third-order valence-electron chi connectivity index (χ3n) is 4.92. The lowest BCUT2D eigenvalue weighted by molar-refractivity contribution is -0.126. The van der Waals surface area contributed by atoms with Crippen molar-refractivity contribution in [2.24, 2.45) is 5.92 Å². The van der Waals surface area contributed by atoms with Gasteiger partial charge in [-0.05, 0) is 48.5 Å². The summed E-state index contributed by atoms with van der Waals surface area (Å²) in [6, 6.07) is 13.4. The third-order valence-corrected chi connectivity index (χ3v) is 4.92. The molecule has 0 spiro atoms. The first-order valence-corrected chi connectivity index (χ1v) is 9.40. The van der Waals surface area contributed by atoms with Crippen LogP contribution in [0.1, 0.15) is 12.1 Å². The maximum absolute atomic E-state index is 13.4. The minimum atomic E-state index is -0.529. The molecule has 30 heavy (non-hydrogen) atoms. The van der Waals surface area contributed by atoms with Gasteiger partial charge in [0.25, 0.3) is 0 Å². The predicted molar refractivity (Wildman–Crippen MR) is 106 cm³/mol. The molecule has 1 aliphatic rings. The molecule has 0 radical (unpaired) electrons. The molecule has 1 fully saturated rings. The lowest BCUT2D eigenvalue weighted by Crippen LogP contribution is -2.32. The maximum Gasteiger partial charge on any atom is 0.227 e. The number of carbonyl (C=O) groups excluding carboxylic acids is 2. The number of nitrogens with zero attached hydrogens (tertiary/aromatic N) is 3. The monoisotopic (exact) mass is 408 g/mol. The van der Waals surface area contributed by atoms with Gasteiger partial charge in [0.05, 0.1) is 23.9 Å². The van der Waals surface area contributed by atoms with E-state index in [2.05, 4.69) is 15.3 Å². The fraction of sp³-hybridized carbons (Fsp3) is 0.182. The summed E-state index contributed by atoms with van der Waals surface area (Å²) >= 11 is 0. The van der Waals surface area contributed by atoms with Crippen molar-refractivity contribution in [3.8, 4) is 11.3 Å². The van der Waals surface area contributed by atoms with Crippen molar-refractivity contribution in [2.75, 3.05) is 11.4 Å². The minimum Gasteiger partial charge on any atom is -0.350 e. The zero-order valence-electron chi connectivity index (χ0n) is 15.9. The molecule has 1 unspecified atom stereocenters. The van der Waals surface area contributed by atoms with Gasteiger partial charge in [-0.3, -0.25) is 9.59 Å². The normalized spacial score (nSPS) is 16.0. The van der Waals surface area contributed by atoms with E-state index in [0.717, 1.165) is 5.56 Å². The summed E-state index contributed by atoms with van der Waals surface area (Å²) in [5.74, 6) is -1.79. The number of hydrogen-bond acceptors (Lipinski definition) is 4. The van der Waals surface area contributed by atoms with Crippen LogP contribution in [0.25, 0.3) is 11.3 Å². The lowest BCUT2D eigenvalue weighted by atomic mass is 10.1. The molecule has 1 aromatic heterocycles. The average molecular weight is 408 g/mol. The van der Waals surface area contributed by atoms with Gasteiger partial charge < -0.3 is 10.2 Å². The third kappa shape index (κ3) is 4.32. The molecule has 4 rings (SSSR count). The molecule has 1 saturated heterocycles. The Labute approximate surface area is 171 Å². The quantitative estimate of drug-likeness (QED) is 0.704. The Morgan fingerprint density at radius 3 is 2.63 bits per heavy atom. The van der Waals surface area contributed by atoms with Gasteiger partial charge in [0.1, 0.15) is 18.0 Å². The highest BCUT2D eigenvalue weighted by Crippen LogP contribution is 2.26. The van der Waals surface area contributed by atoms with Crippen LogP contribution in [0.3, 0.4) is 0 Å². The van der Waals surface area contributed by atoms with Crippen molar-refractivity contribution < 1.29 is 18.4 Å². The van der Waals surface area contributed by atoms with Crippen molar-refractivity contribution in [3.05, 3.63) is 78.3 Å². The summed E-state index contributed by atoms with van der Waals surface area (Å²) in [5, 5.41) is 2.79. The molecule has 0 saturated carbocycles. The Hall–Kier alpha value is -3.68. The number of rotatable bonds is 5. The Bertz CT molecular complexity index is 1090. The fourth-order valence-corrected chi connectivity index (χ4v) is 3.37. The molecular weight excluding hydrogens is 390 g/mol. The van der Waals surface area contributed by atoms with Crippen LogP contribution in [0.5, 0.6) is 0 Å². The molecule has 0 aliphatic carbocycles. The van der Waals surface area contributed by atoms with Gasteiger partial charge in [-0.15, -0.1) is 0 Å². The van der Waals surface area contributed by atoms with Crippen LogP contribution in [0, 0.1) is 17.6 Å². The molecule has 3 aromatic rings. The van der Waals surface area contributed by atoms with Crippen molar-refractivity contribution in [2.45, 2.75) is 13.0 Å². The Balaban J connectivity index is 1.39. The van der Waals surface area contributed by atoms with E-state index in [1.165, 1.54) is 41.6 Å². The van der Waals surface area contributed by atoms with Gasteiger partial charge in [0, 0.05) is 24.2 Å². The fourth-order valence-electron chi connectivity index (χ4n) is 3.37. The molecule has 6 nitrogen and oxygen atoms in total. The highest BCUT2D eigenvalue weighted by atomic mass is 19.1. The van der Waals surface area contributed by atoms with E-state index in [9.17, 15) is 18.4 Å². The Kier molecular flexibility index (Phi) is 5.47. The van der Waals surface area contributed by atoms with Gasteiger partial charge >= 0.3 is 0 Å². The molecule has 2 heterocycles. The summed E-state index contributed by atoms with van der Waals surface area (Å²) in [7, 11) is 0. The van der Waals surface area contributed by atoms with Gasteiger partial charge in [-0.25, -0.2) is 18.7 Å². The first kappa shape index (κ1) is 19.6. The topological polar surface area (TPSA) is 75.2 Å². The zero-order chi connectivity index (χ0) is 21.1. The molecule has 152 valence electrons. The Morgan fingerprint density at radius 2 is 1.87 bits per heavy atom. The molecule has 8 heteroatoms. The van der Waals surface area contributed by atoms with Gasteiger partial charge in [0.2, 0.25) is 11.8 Å². The molecule has 2 aromatic carbocycles. The largest absolute Gasteiger partial charge is 0.350 e. The molecule has 1 N–H and O–H groups in total. The first-order chi connectivity index (χ1) is 14.5. The smallest absolute Gasteiger partial charge is 0.227 e. The van der Waals surface area contributed by atoms with Crippen molar-refractivity contribution in [3.63, 3.8) is 0 Å². The second-order valence-corrected chi connectivity index (χ2v) is 7.00. The summed E-state index contributed by atoms with van der Waals surface area (Å²) in [6.07, 6.45) is 1.44. The zero-order valence-corrected chi connectivity index (χ0v) is 15.9. The van der Waals surface area contributed by atoms with Crippen LogP contribution in [-0.4, -0.2) is 28.3 Å². The van der Waals surface area contributed by atoms with Crippen LogP contribution in [0.4, 0.5) is 14.5 Å². The number of aromatic nitrogens is 2. The van der Waals surface area contributed by atoms with E-state index < -0.39 is 11.7 Å². The van der Waals surface area contributed by atoms with Crippen molar-refractivity contribution >= 4 is 17.5 Å². The highest BCUT2D eigenvalue weighted by molar-refractivity contribution is 6.00. The van der Waals surface area contributed by atoms with E-state index in [1.807, 2.05) is 0 Å². The van der Waals surface area contributed by atoms with E-state index in [1.54, 1.807) is 24.3 Å². The van der Waals surface area contributed by atoms with E-state index in [0.29, 0.717) is 17.1 Å². The summed E-state index contributed by atoms with van der Waals surface area (Å²) in [5.41, 5.74) is 2.38. The second kappa shape index (κ2) is 8.36. The SMILES string of the molecule is O=C(NCc1cc(-c2ccc(F)cc2)ncn1)C1CC(=O)N(c2cccc(F)c2)C1. The predicted octanol–water partition coefficient (Wildman–Crippen LogP) is 3.09. The summed E-state index contributed by atoms with van der Waals surface area (Å²) in [6.45, 7) is 0.360. The number of halogens is 2. The number of carbonyl (C=O) groups is 2. The molecule has 1 aliphatic heterocycles. The molecule has 1 atom stereocenters. The molecule has 2 amide bonds. The summed E-state index contributed by atoms with van der Waals surface area (Å²) in [4.78, 5) is 34.6. The average Bonchev–Trinajstić information content (AvgIpc) is 3.14. The maximum atomic E-state index is 13.4. The number of amides is 2. The van der Waals surface area contributed by atoms with Crippen LogP contribution in [0.2, 0.25) is 0 Å².